The first kappa shape index (κ1) is 20.6. The van der Waals surface area contributed by atoms with E-state index in [1.807, 2.05) is 43.5 Å². The van der Waals surface area contributed by atoms with Crippen LogP contribution < -0.4 is 10.6 Å². The number of furan rings is 1. The molecule has 0 aliphatic carbocycles. The van der Waals surface area contributed by atoms with Gasteiger partial charge in [0.05, 0.1) is 18.6 Å². The molecule has 0 aliphatic heterocycles. The lowest BCUT2D eigenvalue weighted by atomic mass is 10.1. The maximum absolute atomic E-state index is 12.1. The fourth-order valence-corrected chi connectivity index (χ4v) is 3.21. The molecule has 3 aromatic heterocycles. The zero-order chi connectivity index (χ0) is 20.9. The van der Waals surface area contributed by atoms with Crippen molar-refractivity contribution in [2.75, 3.05) is 5.75 Å². The molecule has 152 valence electrons. The number of nitrogens with one attached hydrogen (secondary N) is 2. The van der Waals surface area contributed by atoms with Crippen molar-refractivity contribution in [2.45, 2.75) is 38.0 Å². The van der Waals surface area contributed by atoms with Gasteiger partial charge in [-0.2, -0.15) is 0 Å². The van der Waals surface area contributed by atoms with Crippen molar-refractivity contribution >= 4 is 23.7 Å². The van der Waals surface area contributed by atoms with Crippen molar-refractivity contribution in [3.63, 3.8) is 0 Å². The fourth-order valence-electron chi connectivity index (χ4n) is 2.47. The Morgan fingerprint density at radius 1 is 1.21 bits per heavy atom. The highest BCUT2D eigenvalue weighted by Crippen LogP contribution is 2.24. The number of thioether (sulfide) groups is 1. The second kappa shape index (κ2) is 8.91. The van der Waals surface area contributed by atoms with Crippen molar-refractivity contribution in [3.05, 3.63) is 48.7 Å². The minimum absolute atomic E-state index is 0.0148. The number of amides is 3. The van der Waals surface area contributed by atoms with Gasteiger partial charge >= 0.3 is 6.03 Å². The maximum Gasteiger partial charge on any atom is 0.321 e. The van der Waals surface area contributed by atoms with Crippen LogP contribution in [0.25, 0.3) is 11.4 Å². The Hall–Kier alpha value is -3.14. The highest BCUT2D eigenvalue weighted by molar-refractivity contribution is 7.99. The van der Waals surface area contributed by atoms with Crippen molar-refractivity contribution in [1.82, 2.24) is 30.4 Å². The van der Waals surface area contributed by atoms with Crippen LogP contribution in [0.1, 0.15) is 26.5 Å². The van der Waals surface area contributed by atoms with Gasteiger partial charge in [-0.15, -0.1) is 10.2 Å². The molecule has 29 heavy (non-hydrogen) atoms. The quantitative estimate of drug-likeness (QED) is 0.596. The smallest absolute Gasteiger partial charge is 0.321 e. The summed E-state index contributed by atoms with van der Waals surface area (Å²) in [4.78, 5) is 28.1. The van der Waals surface area contributed by atoms with E-state index in [4.69, 9.17) is 4.42 Å². The third-order valence-electron chi connectivity index (χ3n) is 3.60. The zero-order valence-electron chi connectivity index (χ0n) is 16.4. The molecule has 9 nitrogen and oxygen atoms in total. The normalized spacial score (nSPS) is 11.3. The summed E-state index contributed by atoms with van der Waals surface area (Å²) in [6.45, 7) is 5.91. The SMILES string of the molecule is CC(C)(C)NC(=O)NC(=O)CSc1nnc(-c2cccnc2)n1Cc1ccco1. The summed E-state index contributed by atoms with van der Waals surface area (Å²) in [5.74, 6) is 0.932. The monoisotopic (exact) mass is 414 g/mol. The van der Waals surface area contributed by atoms with Gasteiger partial charge < -0.3 is 9.73 Å². The Kier molecular flexibility index (Phi) is 6.32. The summed E-state index contributed by atoms with van der Waals surface area (Å²) in [7, 11) is 0. The van der Waals surface area contributed by atoms with E-state index in [1.165, 1.54) is 11.8 Å². The Bertz CT molecular complexity index is 964. The van der Waals surface area contributed by atoms with Crippen LogP contribution in [0.3, 0.4) is 0 Å². The molecule has 0 fully saturated rings. The van der Waals surface area contributed by atoms with Crippen LogP contribution in [0.5, 0.6) is 0 Å². The predicted molar refractivity (Wildman–Crippen MR) is 108 cm³/mol. The third kappa shape index (κ3) is 5.92. The van der Waals surface area contributed by atoms with E-state index in [1.54, 1.807) is 24.7 Å². The second-order valence-electron chi connectivity index (χ2n) is 7.25. The lowest BCUT2D eigenvalue weighted by Crippen LogP contribution is -2.48. The van der Waals surface area contributed by atoms with Crippen molar-refractivity contribution in [2.24, 2.45) is 0 Å². The lowest BCUT2D eigenvalue weighted by Gasteiger charge is -2.20. The van der Waals surface area contributed by atoms with Crippen LogP contribution in [0.15, 0.2) is 52.5 Å². The predicted octanol–water partition coefficient (Wildman–Crippen LogP) is 2.70. The van der Waals surface area contributed by atoms with E-state index in [0.717, 1.165) is 11.3 Å². The molecule has 0 unspecified atom stereocenters. The molecule has 3 rings (SSSR count). The molecule has 2 N–H and O–H groups in total. The molecule has 0 aromatic carbocycles. The minimum atomic E-state index is -0.531. The summed E-state index contributed by atoms with van der Waals surface area (Å²) in [5.41, 5.74) is 0.367. The average Bonchev–Trinajstić information content (AvgIpc) is 3.29. The molecule has 0 atom stereocenters. The number of hydrogen-bond donors (Lipinski definition) is 2. The van der Waals surface area contributed by atoms with Gasteiger partial charge in [-0.25, -0.2) is 4.79 Å². The van der Waals surface area contributed by atoms with Crippen molar-refractivity contribution in [1.29, 1.82) is 0 Å². The fraction of sp³-hybridized carbons (Fsp3) is 0.316. The van der Waals surface area contributed by atoms with E-state index in [0.29, 0.717) is 17.5 Å². The Labute approximate surface area is 172 Å². The molecule has 3 heterocycles. The molecule has 0 saturated heterocycles. The lowest BCUT2D eigenvalue weighted by molar-refractivity contribution is -0.117. The van der Waals surface area contributed by atoms with Crippen LogP contribution in [-0.2, 0) is 11.3 Å². The van der Waals surface area contributed by atoms with Gasteiger partial charge in [0.15, 0.2) is 11.0 Å². The molecule has 0 radical (unpaired) electrons. The van der Waals surface area contributed by atoms with Gasteiger partial charge in [0, 0.05) is 23.5 Å². The largest absolute Gasteiger partial charge is 0.467 e. The Morgan fingerprint density at radius 2 is 2.03 bits per heavy atom. The molecular weight excluding hydrogens is 392 g/mol. The average molecular weight is 414 g/mol. The van der Waals surface area contributed by atoms with Crippen LogP contribution in [0.4, 0.5) is 4.79 Å². The second-order valence-corrected chi connectivity index (χ2v) is 8.20. The van der Waals surface area contributed by atoms with Gasteiger partial charge in [0.1, 0.15) is 5.76 Å². The van der Waals surface area contributed by atoms with Crippen LogP contribution in [0, 0.1) is 0 Å². The summed E-state index contributed by atoms with van der Waals surface area (Å²) < 4.78 is 7.29. The van der Waals surface area contributed by atoms with Crippen molar-refractivity contribution in [3.8, 4) is 11.4 Å². The number of imide groups is 1. The van der Waals surface area contributed by atoms with Crippen molar-refractivity contribution < 1.29 is 14.0 Å². The van der Waals surface area contributed by atoms with E-state index < -0.39 is 17.5 Å². The summed E-state index contributed by atoms with van der Waals surface area (Å²) in [6, 6.07) is 6.82. The number of nitrogens with zero attached hydrogens (tertiary/aromatic N) is 4. The van der Waals surface area contributed by atoms with Crippen LogP contribution >= 0.6 is 11.8 Å². The number of hydrogen-bond acceptors (Lipinski definition) is 7. The first-order valence-electron chi connectivity index (χ1n) is 8.92. The number of rotatable bonds is 6. The number of carbonyl (C=O) groups is 2. The number of aromatic nitrogens is 4. The molecular formula is C19H22N6O3S. The maximum atomic E-state index is 12.1. The summed E-state index contributed by atoms with van der Waals surface area (Å²) >= 11 is 1.19. The van der Waals surface area contributed by atoms with E-state index >= 15 is 0 Å². The summed E-state index contributed by atoms with van der Waals surface area (Å²) in [5, 5.41) is 14.0. The van der Waals surface area contributed by atoms with E-state index in [2.05, 4.69) is 25.8 Å². The molecule has 0 spiro atoms. The standard InChI is InChI=1S/C19H22N6O3S/c1-19(2,3)22-17(27)21-15(26)12-29-18-24-23-16(13-6-4-8-20-10-13)25(18)11-14-7-5-9-28-14/h4-10H,11-12H2,1-3H3,(H2,21,22,26,27). The first-order valence-corrected chi connectivity index (χ1v) is 9.91. The third-order valence-corrected chi connectivity index (χ3v) is 4.57. The number of pyridine rings is 1. The van der Waals surface area contributed by atoms with Crippen LogP contribution in [-0.4, -0.2) is 43.0 Å². The molecule has 3 aromatic rings. The van der Waals surface area contributed by atoms with E-state index in [-0.39, 0.29) is 5.75 Å². The van der Waals surface area contributed by atoms with Crippen LogP contribution in [0.2, 0.25) is 0 Å². The molecule has 10 heteroatoms. The molecule has 0 aliphatic rings. The highest BCUT2D eigenvalue weighted by Gasteiger charge is 2.19. The van der Waals surface area contributed by atoms with Gasteiger partial charge in [-0.05, 0) is 45.0 Å². The molecule has 0 bridgehead atoms. The van der Waals surface area contributed by atoms with Gasteiger partial charge in [-0.3, -0.25) is 19.7 Å². The highest BCUT2D eigenvalue weighted by atomic mass is 32.2. The van der Waals surface area contributed by atoms with Gasteiger partial charge in [-0.1, -0.05) is 11.8 Å². The first-order chi connectivity index (χ1) is 13.8. The van der Waals surface area contributed by atoms with Gasteiger partial charge in [0.2, 0.25) is 5.91 Å². The Morgan fingerprint density at radius 3 is 2.69 bits per heavy atom. The topological polar surface area (TPSA) is 115 Å². The minimum Gasteiger partial charge on any atom is -0.467 e. The molecule has 3 amide bonds. The van der Waals surface area contributed by atoms with E-state index in [9.17, 15) is 9.59 Å². The van der Waals surface area contributed by atoms with Gasteiger partial charge in [0.25, 0.3) is 0 Å². The molecule has 0 saturated carbocycles. The number of urea groups is 1. The Balaban J connectivity index is 1.72. The zero-order valence-corrected chi connectivity index (χ0v) is 17.2. The summed E-state index contributed by atoms with van der Waals surface area (Å²) in [6.07, 6.45) is 4.97. The number of carbonyl (C=O) groups excluding carboxylic acids is 2.